The van der Waals surface area contributed by atoms with E-state index in [9.17, 15) is 9.90 Å². The number of benzene rings is 1. The fraction of sp³-hybridized carbons (Fsp3) is 0.385. The van der Waals surface area contributed by atoms with Crippen LogP contribution in [0.2, 0.25) is 0 Å². The van der Waals surface area contributed by atoms with Crippen LogP contribution in [0.4, 0.5) is 0 Å². The molecule has 102 valence electrons. The van der Waals surface area contributed by atoms with E-state index >= 15 is 0 Å². The topological polar surface area (TPSA) is 73.1 Å². The molecule has 1 heterocycles. The number of carbonyl (C=O) groups is 1. The van der Waals surface area contributed by atoms with Gasteiger partial charge in [0.1, 0.15) is 5.75 Å². The molecule has 1 fully saturated rings. The summed E-state index contributed by atoms with van der Waals surface area (Å²) in [4.78, 5) is 14.0. The lowest BCUT2D eigenvalue weighted by Crippen LogP contribution is -2.43. The third-order valence-corrected chi connectivity index (χ3v) is 3.80. The molecule has 0 aromatic heterocycles. The minimum Gasteiger partial charge on any atom is -0.507 e. The van der Waals surface area contributed by atoms with E-state index in [-0.39, 0.29) is 17.6 Å². The van der Waals surface area contributed by atoms with Crippen molar-refractivity contribution in [3.63, 3.8) is 0 Å². The standard InChI is InChI=1S/C13H15BrN2O3/c1-8-7-16(5-4-11(8)15-19)13(18)10-3-2-9(14)6-12(10)17/h2-3,6,8,17,19H,4-5,7H2,1H3/b15-11+. The number of amides is 1. The van der Waals surface area contributed by atoms with Crippen LogP contribution < -0.4 is 0 Å². The first-order chi connectivity index (χ1) is 9.02. The highest BCUT2D eigenvalue weighted by Gasteiger charge is 2.27. The molecule has 0 aliphatic carbocycles. The minimum absolute atomic E-state index is 0.0280. The molecule has 1 aromatic rings. The summed E-state index contributed by atoms with van der Waals surface area (Å²) in [6.45, 7) is 2.90. The highest BCUT2D eigenvalue weighted by molar-refractivity contribution is 9.10. The van der Waals surface area contributed by atoms with Gasteiger partial charge in [0.05, 0.1) is 11.3 Å². The highest BCUT2D eigenvalue weighted by atomic mass is 79.9. The number of phenolic OH excluding ortho intramolecular Hbond substituents is 1. The molecular formula is C13H15BrN2O3. The lowest BCUT2D eigenvalue weighted by Gasteiger charge is -2.31. The van der Waals surface area contributed by atoms with Gasteiger partial charge < -0.3 is 15.2 Å². The minimum atomic E-state index is -0.200. The number of nitrogens with zero attached hydrogens (tertiary/aromatic N) is 2. The monoisotopic (exact) mass is 326 g/mol. The molecule has 0 radical (unpaired) electrons. The largest absolute Gasteiger partial charge is 0.507 e. The zero-order valence-electron chi connectivity index (χ0n) is 10.5. The maximum Gasteiger partial charge on any atom is 0.257 e. The normalized spacial score (nSPS) is 21.7. The second-order valence-electron chi connectivity index (χ2n) is 4.66. The van der Waals surface area contributed by atoms with E-state index < -0.39 is 0 Å². The molecule has 0 spiro atoms. The van der Waals surface area contributed by atoms with Crippen molar-refractivity contribution in [2.24, 2.45) is 11.1 Å². The molecule has 2 N–H and O–H groups in total. The van der Waals surface area contributed by atoms with Crippen LogP contribution in [0.3, 0.4) is 0 Å². The lowest BCUT2D eigenvalue weighted by atomic mass is 9.97. The van der Waals surface area contributed by atoms with Crippen molar-refractivity contribution in [3.05, 3.63) is 28.2 Å². The molecule has 1 amide bonds. The Morgan fingerprint density at radius 1 is 1.53 bits per heavy atom. The number of phenols is 1. The van der Waals surface area contributed by atoms with Crippen molar-refractivity contribution in [1.82, 2.24) is 4.90 Å². The van der Waals surface area contributed by atoms with Crippen molar-refractivity contribution in [2.75, 3.05) is 13.1 Å². The van der Waals surface area contributed by atoms with Crippen molar-refractivity contribution >= 4 is 27.5 Å². The number of halogens is 1. The van der Waals surface area contributed by atoms with Crippen LogP contribution in [-0.2, 0) is 0 Å². The first-order valence-corrected chi connectivity index (χ1v) is 6.81. The van der Waals surface area contributed by atoms with E-state index in [1.54, 1.807) is 17.0 Å². The summed E-state index contributed by atoms with van der Waals surface area (Å²) >= 11 is 3.24. The van der Waals surface area contributed by atoms with Gasteiger partial charge in [-0.25, -0.2) is 0 Å². The van der Waals surface area contributed by atoms with Gasteiger partial charge in [0.2, 0.25) is 0 Å². The molecule has 2 rings (SSSR count). The summed E-state index contributed by atoms with van der Waals surface area (Å²) in [6.07, 6.45) is 0.556. The van der Waals surface area contributed by atoms with Gasteiger partial charge in [-0.05, 0) is 18.2 Å². The number of likely N-dealkylation sites (tertiary alicyclic amines) is 1. The maximum atomic E-state index is 12.3. The smallest absolute Gasteiger partial charge is 0.257 e. The zero-order valence-corrected chi connectivity index (χ0v) is 12.1. The van der Waals surface area contributed by atoms with Crippen molar-refractivity contribution in [2.45, 2.75) is 13.3 Å². The molecule has 1 aromatic carbocycles. The fourth-order valence-electron chi connectivity index (χ4n) is 2.21. The van der Waals surface area contributed by atoms with Crippen LogP contribution in [0.25, 0.3) is 0 Å². The number of piperidine rings is 1. The van der Waals surface area contributed by atoms with Crippen LogP contribution in [0.5, 0.6) is 5.75 Å². The van der Waals surface area contributed by atoms with Gasteiger partial charge in [-0.1, -0.05) is 28.0 Å². The maximum absolute atomic E-state index is 12.3. The van der Waals surface area contributed by atoms with Gasteiger partial charge >= 0.3 is 0 Å². The molecule has 1 aliphatic heterocycles. The summed E-state index contributed by atoms with van der Waals surface area (Å²) in [5, 5.41) is 21.9. The second-order valence-corrected chi connectivity index (χ2v) is 5.57. The highest BCUT2D eigenvalue weighted by Crippen LogP contribution is 2.25. The Bertz CT molecular complexity index is 531. The molecule has 1 saturated heterocycles. The van der Waals surface area contributed by atoms with E-state index in [1.165, 1.54) is 6.07 Å². The van der Waals surface area contributed by atoms with Gasteiger partial charge in [0.15, 0.2) is 0 Å². The summed E-state index contributed by atoms with van der Waals surface area (Å²) in [7, 11) is 0. The quantitative estimate of drug-likeness (QED) is 0.615. The SMILES string of the molecule is CC1CN(C(=O)c2ccc(Br)cc2O)CC/C1=N\O. The molecular weight excluding hydrogens is 312 g/mol. The zero-order chi connectivity index (χ0) is 14.0. The summed E-state index contributed by atoms with van der Waals surface area (Å²) in [5.41, 5.74) is 1.00. The fourth-order valence-corrected chi connectivity index (χ4v) is 2.56. The third kappa shape index (κ3) is 2.89. The van der Waals surface area contributed by atoms with Crippen molar-refractivity contribution in [1.29, 1.82) is 0 Å². The van der Waals surface area contributed by atoms with Crippen LogP contribution in [-0.4, -0.2) is 39.9 Å². The third-order valence-electron chi connectivity index (χ3n) is 3.31. The average molecular weight is 327 g/mol. The van der Waals surface area contributed by atoms with E-state index in [0.717, 1.165) is 4.47 Å². The number of hydrogen-bond acceptors (Lipinski definition) is 4. The molecule has 0 bridgehead atoms. The Labute approximate surface area is 119 Å². The summed E-state index contributed by atoms with van der Waals surface area (Å²) < 4.78 is 0.725. The summed E-state index contributed by atoms with van der Waals surface area (Å²) in [6, 6.07) is 4.82. The Hall–Kier alpha value is -1.56. The van der Waals surface area contributed by atoms with E-state index in [1.807, 2.05) is 6.92 Å². The van der Waals surface area contributed by atoms with E-state index in [2.05, 4.69) is 21.1 Å². The molecule has 1 atom stereocenters. The van der Waals surface area contributed by atoms with Gasteiger partial charge in [-0.15, -0.1) is 0 Å². The van der Waals surface area contributed by atoms with Crippen LogP contribution in [0, 0.1) is 5.92 Å². The summed E-state index contributed by atoms with van der Waals surface area (Å²) in [5.74, 6) is -0.206. The molecule has 6 heteroatoms. The lowest BCUT2D eigenvalue weighted by molar-refractivity contribution is 0.0731. The van der Waals surface area contributed by atoms with Gasteiger partial charge in [-0.2, -0.15) is 0 Å². The second kappa shape index (κ2) is 5.61. The van der Waals surface area contributed by atoms with Gasteiger partial charge in [0, 0.05) is 29.9 Å². The van der Waals surface area contributed by atoms with Crippen LogP contribution in [0.1, 0.15) is 23.7 Å². The van der Waals surface area contributed by atoms with Crippen LogP contribution >= 0.6 is 15.9 Å². The van der Waals surface area contributed by atoms with Crippen molar-refractivity contribution in [3.8, 4) is 5.75 Å². The van der Waals surface area contributed by atoms with E-state index in [0.29, 0.717) is 30.8 Å². The number of oxime groups is 1. The molecule has 1 unspecified atom stereocenters. The number of carbonyl (C=O) groups excluding carboxylic acids is 1. The number of hydrogen-bond donors (Lipinski definition) is 2. The Morgan fingerprint density at radius 2 is 2.26 bits per heavy atom. The number of aromatic hydroxyl groups is 1. The molecule has 1 aliphatic rings. The predicted octanol–water partition coefficient (Wildman–Crippen LogP) is 2.47. The number of rotatable bonds is 1. The molecule has 0 saturated carbocycles. The van der Waals surface area contributed by atoms with Crippen molar-refractivity contribution < 1.29 is 15.1 Å². The van der Waals surface area contributed by atoms with Crippen LogP contribution in [0.15, 0.2) is 27.8 Å². The first kappa shape index (κ1) is 13.9. The predicted molar refractivity (Wildman–Crippen MR) is 74.7 cm³/mol. The first-order valence-electron chi connectivity index (χ1n) is 6.01. The van der Waals surface area contributed by atoms with Gasteiger partial charge in [-0.3, -0.25) is 4.79 Å². The Kier molecular flexibility index (Phi) is 4.09. The Morgan fingerprint density at radius 3 is 2.84 bits per heavy atom. The Balaban J connectivity index is 2.17. The average Bonchev–Trinajstić information content (AvgIpc) is 2.38. The van der Waals surface area contributed by atoms with Gasteiger partial charge in [0.25, 0.3) is 5.91 Å². The molecule has 5 nitrogen and oxygen atoms in total. The molecule has 19 heavy (non-hydrogen) atoms. The van der Waals surface area contributed by atoms with E-state index in [4.69, 9.17) is 5.21 Å².